The third kappa shape index (κ3) is 3.27. The van der Waals surface area contributed by atoms with Gasteiger partial charge < -0.3 is 20.5 Å². The van der Waals surface area contributed by atoms with Gasteiger partial charge in [0.2, 0.25) is 5.91 Å². The molecule has 0 radical (unpaired) electrons. The SMILES string of the molecule is COc1cccc(C2(C(=O)Nc3ccc(OC)c(N)c3)CCCC2)c1. The number of hydrogen-bond acceptors (Lipinski definition) is 4. The Hall–Kier alpha value is -2.69. The molecule has 3 N–H and O–H groups in total. The van der Waals surface area contributed by atoms with Crippen LogP contribution in [0.5, 0.6) is 11.5 Å². The van der Waals surface area contributed by atoms with E-state index < -0.39 is 5.41 Å². The number of amides is 1. The van der Waals surface area contributed by atoms with Gasteiger partial charge in [-0.2, -0.15) is 0 Å². The zero-order chi connectivity index (χ0) is 17.9. The Bertz CT molecular complexity index is 767. The smallest absolute Gasteiger partial charge is 0.235 e. The minimum Gasteiger partial charge on any atom is -0.497 e. The van der Waals surface area contributed by atoms with Crippen LogP contribution < -0.4 is 20.5 Å². The maximum atomic E-state index is 13.2. The van der Waals surface area contributed by atoms with E-state index in [1.807, 2.05) is 24.3 Å². The Morgan fingerprint density at radius 1 is 1.08 bits per heavy atom. The van der Waals surface area contributed by atoms with Crippen LogP contribution in [0.1, 0.15) is 31.2 Å². The van der Waals surface area contributed by atoms with Gasteiger partial charge in [0.25, 0.3) is 0 Å². The lowest BCUT2D eigenvalue weighted by Crippen LogP contribution is -2.38. The first-order valence-electron chi connectivity index (χ1n) is 8.48. The molecule has 2 aromatic carbocycles. The highest BCUT2D eigenvalue weighted by Crippen LogP contribution is 2.43. The van der Waals surface area contributed by atoms with Crippen LogP contribution in [0.2, 0.25) is 0 Å². The summed E-state index contributed by atoms with van der Waals surface area (Å²) in [5, 5.41) is 3.04. The molecule has 0 saturated heterocycles. The third-order valence-corrected chi connectivity index (χ3v) is 5.00. The summed E-state index contributed by atoms with van der Waals surface area (Å²) in [5.41, 5.74) is 7.61. The fourth-order valence-electron chi connectivity index (χ4n) is 3.61. The van der Waals surface area contributed by atoms with Crippen LogP contribution in [-0.2, 0) is 10.2 Å². The van der Waals surface area contributed by atoms with Crippen molar-refractivity contribution in [1.29, 1.82) is 0 Å². The number of carbonyl (C=O) groups excluding carboxylic acids is 1. The summed E-state index contributed by atoms with van der Waals surface area (Å²) in [6.45, 7) is 0. The first-order valence-corrected chi connectivity index (χ1v) is 8.48. The molecule has 0 bridgehead atoms. The highest BCUT2D eigenvalue weighted by Gasteiger charge is 2.42. The van der Waals surface area contributed by atoms with Gasteiger partial charge in [-0.05, 0) is 48.7 Å². The molecule has 0 aliphatic heterocycles. The quantitative estimate of drug-likeness (QED) is 0.813. The van der Waals surface area contributed by atoms with Gasteiger partial charge in [0, 0.05) is 5.69 Å². The molecule has 5 heteroatoms. The highest BCUT2D eigenvalue weighted by molar-refractivity contribution is 6.00. The summed E-state index contributed by atoms with van der Waals surface area (Å²) in [6, 6.07) is 13.1. The fraction of sp³-hybridized carbons (Fsp3) is 0.350. The number of methoxy groups -OCH3 is 2. The van der Waals surface area contributed by atoms with E-state index in [0.29, 0.717) is 17.1 Å². The molecule has 1 saturated carbocycles. The topological polar surface area (TPSA) is 73.6 Å². The summed E-state index contributed by atoms with van der Waals surface area (Å²) in [5.74, 6) is 1.37. The molecule has 1 aliphatic rings. The predicted molar refractivity (Wildman–Crippen MR) is 99.2 cm³/mol. The Kier molecular flexibility index (Phi) is 4.83. The zero-order valence-electron chi connectivity index (χ0n) is 14.7. The molecule has 0 unspecified atom stereocenters. The van der Waals surface area contributed by atoms with Crippen LogP contribution in [-0.4, -0.2) is 20.1 Å². The van der Waals surface area contributed by atoms with Crippen LogP contribution in [0.3, 0.4) is 0 Å². The average Bonchev–Trinajstić information content (AvgIpc) is 3.13. The van der Waals surface area contributed by atoms with Crippen molar-refractivity contribution in [2.24, 2.45) is 0 Å². The molecule has 1 aliphatic carbocycles. The van der Waals surface area contributed by atoms with Gasteiger partial charge in [0.05, 0.1) is 25.3 Å². The highest BCUT2D eigenvalue weighted by atomic mass is 16.5. The van der Waals surface area contributed by atoms with E-state index in [0.717, 1.165) is 37.0 Å². The number of rotatable bonds is 5. The van der Waals surface area contributed by atoms with Crippen molar-refractivity contribution in [1.82, 2.24) is 0 Å². The monoisotopic (exact) mass is 340 g/mol. The van der Waals surface area contributed by atoms with Gasteiger partial charge in [0.1, 0.15) is 11.5 Å². The van der Waals surface area contributed by atoms with E-state index in [1.165, 1.54) is 0 Å². The molecule has 0 spiro atoms. The van der Waals surface area contributed by atoms with E-state index in [4.69, 9.17) is 15.2 Å². The number of anilines is 2. The van der Waals surface area contributed by atoms with Crippen molar-refractivity contribution in [2.75, 3.05) is 25.3 Å². The molecule has 2 aromatic rings. The van der Waals surface area contributed by atoms with E-state index in [2.05, 4.69) is 5.32 Å². The number of carbonyl (C=O) groups is 1. The molecule has 0 aromatic heterocycles. The number of nitrogens with one attached hydrogen (secondary N) is 1. The number of nitrogens with two attached hydrogens (primary N) is 1. The minimum atomic E-state index is -0.525. The van der Waals surface area contributed by atoms with Crippen LogP contribution in [0.25, 0.3) is 0 Å². The van der Waals surface area contributed by atoms with E-state index >= 15 is 0 Å². The Labute approximate surface area is 148 Å². The molecule has 1 amide bonds. The maximum Gasteiger partial charge on any atom is 0.235 e. The van der Waals surface area contributed by atoms with Gasteiger partial charge in [0.15, 0.2) is 0 Å². The van der Waals surface area contributed by atoms with Crippen LogP contribution in [0, 0.1) is 0 Å². The lowest BCUT2D eigenvalue weighted by molar-refractivity contribution is -0.121. The first kappa shape index (κ1) is 17.1. The molecule has 132 valence electrons. The van der Waals surface area contributed by atoms with Gasteiger partial charge in [-0.25, -0.2) is 0 Å². The Balaban J connectivity index is 1.90. The maximum absolute atomic E-state index is 13.2. The number of hydrogen-bond donors (Lipinski definition) is 2. The molecular formula is C20H24N2O3. The van der Waals surface area contributed by atoms with E-state index in [1.54, 1.807) is 32.4 Å². The van der Waals surface area contributed by atoms with Crippen LogP contribution in [0.15, 0.2) is 42.5 Å². The van der Waals surface area contributed by atoms with Crippen molar-refractivity contribution < 1.29 is 14.3 Å². The number of ether oxygens (including phenoxy) is 2. The van der Waals surface area contributed by atoms with Crippen molar-refractivity contribution in [3.63, 3.8) is 0 Å². The van der Waals surface area contributed by atoms with E-state index in [9.17, 15) is 4.79 Å². The summed E-state index contributed by atoms with van der Waals surface area (Å²) in [6.07, 6.45) is 3.74. The molecule has 25 heavy (non-hydrogen) atoms. The Morgan fingerprint density at radius 3 is 2.48 bits per heavy atom. The average molecular weight is 340 g/mol. The summed E-state index contributed by atoms with van der Waals surface area (Å²) in [4.78, 5) is 13.2. The first-order chi connectivity index (χ1) is 12.1. The minimum absolute atomic E-state index is 0.00261. The normalized spacial score (nSPS) is 15.6. The van der Waals surface area contributed by atoms with Crippen molar-refractivity contribution in [2.45, 2.75) is 31.1 Å². The molecular weight excluding hydrogens is 316 g/mol. The lowest BCUT2D eigenvalue weighted by Gasteiger charge is -2.28. The van der Waals surface area contributed by atoms with Crippen LogP contribution >= 0.6 is 0 Å². The largest absolute Gasteiger partial charge is 0.497 e. The number of benzene rings is 2. The second kappa shape index (κ2) is 7.05. The number of nitrogen functional groups attached to an aromatic ring is 1. The van der Waals surface area contributed by atoms with Gasteiger partial charge >= 0.3 is 0 Å². The summed E-state index contributed by atoms with van der Waals surface area (Å²) in [7, 11) is 3.21. The molecule has 5 nitrogen and oxygen atoms in total. The van der Waals surface area contributed by atoms with Crippen LogP contribution in [0.4, 0.5) is 11.4 Å². The summed E-state index contributed by atoms with van der Waals surface area (Å²) < 4.78 is 10.5. The fourth-order valence-corrected chi connectivity index (χ4v) is 3.61. The van der Waals surface area contributed by atoms with Gasteiger partial charge in [-0.15, -0.1) is 0 Å². The standard InChI is InChI=1S/C20H24N2O3/c1-24-16-7-5-6-14(12-16)20(10-3-4-11-20)19(23)22-15-8-9-18(25-2)17(21)13-15/h5-9,12-13H,3-4,10-11,21H2,1-2H3,(H,22,23). The van der Waals surface area contributed by atoms with E-state index in [-0.39, 0.29) is 5.91 Å². The predicted octanol–water partition coefficient (Wildman–Crippen LogP) is 3.74. The third-order valence-electron chi connectivity index (χ3n) is 5.00. The lowest BCUT2D eigenvalue weighted by atomic mass is 9.78. The summed E-state index contributed by atoms with van der Waals surface area (Å²) >= 11 is 0. The molecule has 3 rings (SSSR count). The Morgan fingerprint density at radius 2 is 1.84 bits per heavy atom. The van der Waals surface area contributed by atoms with Crippen molar-refractivity contribution in [3.8, 4) is 11.5 Å². The van der Waals surface area contributed by atoms with Gasteiger partial charge in [-0.3, -0.25) is 4.79 Å². The second-order valence-electron chi connectivity index (χ2n) is 6.43. The molecule has 0 atom stereocenters. The van der Waals surface area contributed by atoms with Crippen molar-refractivity contribution >= 4 is 17.3 Å². The van der Waals surface area contributed by atoms with Gasteiger partial charge in [-0.1, -0.05) is 25.0 Å². The second-order valence-corrected chi connectivity index (χ2v) is 6.43. The molecule has 1 fully saturated rings. The van der Waals surface area contributed by atoms with Crippen molar-refractivity contribution in [3.05, 3.63) is 48.0 Å². The molecule has 0 heterocycles. The zero-order valence-corrected chi connectivity index (χ0v) is 14.7.